The molecule has 6 heteroatoms. The predicted molar refractivity (Wildman–Crippen MR) is 76.9 cm³/mol. The summed E-state index contributed by atoms with van der Waals surface area (Å²) in [6, 6.07) is 0. The van der Waals surface area contributed by atoms with Crippen LogP contribution in [0.3, 0.4) is 0 Å². The SMILES string of the molecule is CCCN(C)c1sc(C(=O)NCC)c(N)c1OC. The molecule has 0 saturated carbocycles. The van der Waals surface area contributed by atoms with Gasteiger partial charge >= 0.3 is 0 Å². The first-order valence-electron chi connectivity index (χ1n) is 6.02. The van der Waals surface area contributed by atoms with Crippen molar-refractivity contribution in [1.29, 1.82) is 0 Å². The number of methoxy groups -OCH3 is 1. The van der Waals surface area contributed by atoms with E-state index in [1.165, 1.54) is 11.3 Å². The summed E-state index contributed by atoms with van der Waals surface area (Å²) < 4.78 is 5.32. The van der Waals surface area contributed by atoms with Gasteiger partial charge in [0.25, 0.3) is 5.91 Å². The summed E-state index contributed by atoms with van der Waals surface area (Å²) in [6.07, 6.45) is 1.02. The highest BCUT2D eigenvalue weighted by molar-refractivity contribution is 7.19. The smallest absolute Gasteiger partial charge is 0.263 e. The number of ether oxygens (including phenoxy) is 1. The van der Waals surface area contributed by atoms with Crippen LogP contribution >= 0.6 is 11.3 Å². The molecule has 5 nitrogen and oxygen atoms in total. The van der Waals surface area contributed by atoms with E-state index in [-0.39, 0.29) is 5.91 Å². The Hall–Kier alpha value is -1.43. The molecular weight excluding hydrogens is 250 g/mol. The summed E-state index contributed by atoms with van der Waals surface area (Å²) in [7, 11) is 3.54. The summed E-state index contributed by atoms with van der Waals surface area (Å²) >= 11 is 1.37. The first-order valence-corrected chi connectivity index (χ1v) is 6.83. The van der Waals surface area contributed by atoms with E-state index in [2.05, 4.69) is 17.1 Å². The van der Waals surface area contributed by atoms with Gasteiger partial charge in [-0.2, -0.15) is 0 Å². The highest BCUT2D eigenvalue weighted by Gasteiger charge is 2.23. The predicted octanol–water partition coefficient (Wildman–Crippen LogP) is 1.93. The van der Waals surface area contributed by atoms with Crippen molar-refractivity contribution in [3.05, 3.63) is 4.88 Å². The van der Waals surface area contributed by atoms with Gasteiger partial charge in [0.2, 0.25) is 0 Å². The number of anilines is 2. The van der Waals surface area contributed by atoms with Crippen LogP contribution in [0.25, 0.3) is 0 Å². The number of nitrogens with one attached hydrogen (secondary N) is 1. The zero-order chi connectivity index (χ0) is 13.7. The first kappa shape index (κ1) is 14.6. The van der Waals surface area contributed by atoms with Crippen LogP contribution < -0.4 is 20.7 Å². The van der Waals surface area contributed by atoms with E-state index in [0.29, 0.717) is 22.9 Å². The van der Waals surface area contributed by atoms with Gasteiger partial charge in [0, 0.05) is 20.1 Å². The van der Waals surface area contributed by atoms with Gasteiger partial charge in [0.15, 0.2) is 5.75 Å². The molecule has 0 spiro atoms. The zero-order valence-electron chi connectivity index (χ0n) is 11.4. The van der Waals surface area contributed by atoms with Crippen molar-refractivity contribution < 1.29 is 9.53 Å². The lowest BCUT2D eigenvalue weighted by atomic mass is 10.3. The van der Waals surface area contributed by atoms with Gasteiger partial charge in [0.05, 0.1) is 7.11 Å². The Morgan fingerprint density at radius 2 is 2.17 bits per heavy atom. The summed E-state index contributed by atoms with van der Waals surface area (Å²) in [4.78, 5) is 14.5. The lowest BCUT2D eigenvalue weighted by molar-refractivity contribution is 0.0960. The largest absolute Gasteiger partial charge is 0.492 e. The van der Waals surface area contributed by atoms with Crippen LogP contribution in [0.5, 0.6) is 5.75 Å². The minimum Gasteiger partial charge on any atom is -0.492 e. The molecule has 1 aromatic heterocycles. The third-order valence-corrected chi connectivity index (χ3v) is 3.84. The molecule has 3 N–H and O–H groups in total. The normalized spacial score (nSPS) is 10.2. The number of carbonyl (C=O) groups excluding carboxylic acids is 1. The maximum atomic E-state index is 11.9. The summed E-state index contributed by atoms with van der Waals surface area (Å²) in [6.45, 7) is 5.46. The minimum absolute atomic E-state index is 0.144. The number of nitrogens with zero attached hydrogens (tertiary/aromatic N) is 1. The number of amides is 1. The molecule has 1 aromatic rings. The molecule has 0 saturated heterocycles. The van der Waals surface area contributed by atoms with Crippen molar-refractivity contribution in [2.75, 3.05) is 37.9 Å². The topological polar surface area (TPSA) is 67.6 Å². The fourth-order valence-corrected chi connectivity index (χ4v) is 2.81. The van der Waals surface area contributed by atoms with E-state index in [9.17, 15) is 4.79 Å². The third kappa shape index (κ3) is 2.87. The number of hydrogen-bond donors (Lipinski definition) is 2. The number of hydrogen-bond acceptors (Lipinski definition) is 5. The standard InChI is InChI=1S/C12H21N3O2S/c1-5-7-15(3)12-9(17-4)8(13)10(18-12)11(16)14-6-2/h5-7,13H2,1-4H3,(H,14,16). The second-order valence-electron chi connectivity index (χ2n) is 3.96. The lowest BCUT2D eigenvalue weighted by Gasteiger charge is -2.17. The number of thiophene rings is 1. The van der Waals surface area contributed by atoms with Crippen LogP contribution in [0.4, 0.5) is 10.7 Å². The van der Waals surface area contributed by atoms with Gasteiger partial charge in [-0.25, -0.2) is 0 Å². The molecule has 0 radical (unpaired) electrons. The molecule has 0 bridgehead atoms. The Kier molecular flexibility index (Phi) is 5.27. The molecule has 0 atom stereocenters. The quantitative estimate of drug-likeness (QED) is 0.829. The van der Waals surface area contributed by atoms with Crippen molar-refractivity contribution in [1.82, 2.24) is 5.32 Å². The molecule has 0 aliphatic carbocycles. The van der Waals surface area contributed by atoms with Crippen LogP contribution in [-0.2, 0) is 0 Å². The second-order valence-corrected chi connectivity index (χ2v) is 4.96. The second kappa shape index (κ2) is 6.49. The zero-order valence-corrected chi connectivity index (χ0v) is 12.2. The van der Waals surface area contributed by atoms with E-state index in [1.807, 2.05) is 14.0 Å². The average molecular weight is 271 g/mol. The van der Waals surface area contributed by atoms with E-state index in [1.54, 1.807) is 7.11 Å². The van der Waals surface area contributed by atoms with Crippen molar-refractivity contribution in [2.45, 2.75) is 20.3 Å². The van der Waals surface area contributed by atoms with Crippen LogP contribution in [0.15, 0.2) is 0 Å². The molecule has 18 heavy (non-hydrogen) atoms. The van der Waals surface area contributed by atoms with Crippen LogP contribution in [0.1, 0.15) is 29.9 Å². The summed E-state index contributed by atoms with van der Waals surface area (Å²) in [5.41, 5.74) is 6.40. The molecule has 1 heterocycles. The molecule has 1 rings (SSSR count). The molecule has 0 unspecified atom stereocenters. The van der Waals surface area contributed by atoms with E-state index in [4.69, 9.17) is 10.5 Å². The average Bonchev–Trinajstić information content (AvgIpc) is 2.67. The van der Waals surface area contributed by atoms with E-state index >= 15 is 0 Å². The number of nitrogen functional groups attached to an aromatic ring is 1. The van der Waals surface area contributed by atoms with E-state index in [0.717, 1.165) is 18.0 Å². The van der Waals surface area contributed by atoms with Crippen LogP contribution in [0.2, 0.25) is 0 Å². The van der Waals surface area contributed by atoms with Gasteiger partial charge in [-0.1, -0.05) is 6.92 Å². The molecule has 102 valence electrons. The van der Waals surface area contributed by atoms with Crippen LogP contribution in [-0.4, -0.2) is 33.2 Å². The molecule has 0 aliphatic rings. The van der Waals surface area contributed by atoms with Crippen molar-refractivity contribution in [3.8, 4) is 5.75 Å². The van der Waals surface area contributed by atoms with Gasteiger partial charge in [-0.3, -0.25) is 4.79 Å². The molecule has 0 aliphatic heterocycles. The van der Waals surface area contributed by atoms with Gasteiger partial charge in [0.1, 0.15) is 15.6 Å². The number of nitrogens with two attached hydrogens (primary N) is 1. The Morgan fingerprint density at radius 1 is 1.50 bits per heavy atom. The fraction of sp³-hybridized carbons (Fsp3) is 0.583. The van der Waals surface area contributed by atoms with Crippen LogP contribution in [0, 0.1) is 0 Å². The number of carbonyl (C=O) groups is 1. The molecular formula is C12H21N3O2S. The Labute approximate surface area is 112 Å². The highest BCUT2D eigenvalue weighted by atomic mass is 32.1. The Bertz CT molecular complexity index is 418. The first-order chi connectivity index (χ1) is 8.56. The molecule has 0 aromatic carbocycles. The van der Waals surface area contributed by atoms with E-state index < -0.39 is 0 Å². The van der Waals surface area contributed by atoms with Crippen molar-refractivity contribution in [3.63, 3.8) is 0 Å². The van der Waals surface area contributed by atoms with Gasteiger partial charge < -0.3 is 20.7 Å². The highest BCUT2D eigenvalue weighted by Crippen LogP contribution is 2.44. The van der Waals surface area contributed by atoms with Crippen molar-refractivity contribution in [2.24, 2.45) is 0 Å². The fourth-order valence-electron chi connectivity index (χ4n) is 1.71. The number of rotatable bonds is 6. The Balaban J connectivity index is 3.12. The van der Waals surface area contributed by atoms with Gasteiger partial charge in [-0.05, 0) is 13.3 Å². The maximum absolute atomic E-state index is 11.9. The van der Waals surface area contributed by atoms with Gasteiger partial charge in [-0.15, -0.1) is 11.3 Å². The van der Waals surface area contributed by atoms with Crippen molar-refractivity contribution >= 4 is 27.9 Å². The Morgan fingerprint density at radius 3 is 2.67 bits per heavy atom. The monoisotopic (exact) mass is 271 g/mol. The summed E-state index contributed by atoms with van der Waals surface area (Å²) in [5, 5.41) is 3.66. The minimum atomic E-state index is -0.144. The third-order valence-electron chi connectivity index (χ3n) is 2.54. The molecule has 0 fully saturated rings. The molecule has 1 amide bonds. The maximum Gasteiger partial charge on any atom is 0.263 e. The lowest BCUT2D eigenvalue weighted by Crippen LogP contribution is -2.22. The summed E-state index contributed by atoms with van der Waals surface area (Å²) in [5.74, 6) is 0.451.